The molecule has 1 aromatic carbocycles. The molecule has 0 saturated carbocycles. The van der Waals surface area contributed by atoms with Gasteiger partial charge >= 0.3 is 0 Å². The third kappa shape index (κ3) is 3.11. The zero-order chi connectivity index (χ0) is 16.4. The first kappa shape index (κ1) is 16.0. The topological polar surface area (TPSA) is 66.6 Å². The minimum Gasteiger partial charge on any atom is -0.326 e. The molecule has 2 N–H and O–H groups in total. The number of nitrogens with zero attached hydrogens (tertiary/aromatic N) is 2. The average molecular weight is 315 g/mol. The van der Waals surface area contributed by atoms with E-state index in [1.165, 1.54) is 0 Å². The standard InChI is InChI=1S/C18H25N3O2/c1-20(13-7-3-2-4-8-13)18(23)16-12-11-14-9-5-6-10-15(19)17(22)21(14)16/h2-4,7-8,14-16H,5-6,9-12,19H2,1H3/t14-,15-,16-/m0/s1. The second-order valence-electron chi connectivity index (χ2n) is 6.62. The quantitative estimate of drug-likeness (QED) is 0.906. The lowest BCUT2D eigenvalue weighted by Gasteiger charge is -2.35. The van der Waals surface area contributed by atoms with Crippen molar-refractivity contribution in [2.24, 2.45) is 5.73 Å². The van der Waals surface area contributed by atoms with Gasteiger partial charge in [0.2, 0.25) is 11.8 Å². The van der Waals surface area contributed by atoms with E-state index >= 15 is 0 Å². The smallest absolute Gasteiger partial charge is 0.249 e. The molecule has 2 amide bonds. The van der Waals surface area contributed by atoms with Gasteiger partial charge in [-0.2, -0.15) is 0 Å². The lowest BCUT2D eigenvalue weighted by Crippen LogP contribution is -2.54. The fourth-order valence-electron chi connectivity index (χ4n) is 3.80. The zero-order valence-electron chi connectivity index (χ0n) is 13.6. The van der Waals surface area contributed by atoms with Gasteiger partial charge in [0.15, 0.2) is 0 Å². The molecule has 0 bridgehead atoms. The maximum absolute atomic E-state index is 12.9. The van der Waals surface area contributed by atoms with Crippen LogP contribution in [0.5, 0.6) is 0 Å². The van der Waals surface area contributed by atoms with Crippen molar-refractivity contribution in [3.63, 3.8) is 0 Å². The predicted octanol–water partition coefficient (Wildman–Crippen LogP) is 1.91. The number of carbonyl (C=O) groups is 2. The summed E-state index contributed by atoms with van der Waals surface area (Å²) in [6.45, 7) is 0. The Kier molecular flexibility index (Phi) is 4.66. The highest BCUT2D eigenvalue weighted by atomic mass is 16.2. The van der Waals surface area contributed by atoms with E-state index in [-0.39, 0.29) is 23.9 Å². The number of benzene rings is 1. The van der Waals surface area contributed by atoms with Crippen molar-refractivity contribution in [1.82, 2.24) is 4.90 Å². The Labute approximate surface area is 137 Å². The summed E-state index contributed by atoms with van der Waals surface area (Å²) in [4.78, 5) is 29.1. The van der Waals surface area contributed by atoms with E-state index in [0.717, 1.165) is 44.2 Å². The fraction of sp³-hybridized carbons (Fsp3) is 0.556. The predicted molar refractivity (Wildman–Crippen MR) is 90.0 cm³/mol. The number of likely N-dealkylation sites (N-methyl/N-ethyl adjacent to an activating group) is 1. The summed E-state index contributed by atoms with van der Waals surface area (Å²) >= 11 is 0. The molecule has 2 fully saturated rings. The number of fused-ring (bicyclic) bond motifs is 1. The SMILES string of the molecule is CN(C(=O)[C@@H]1CC[C@@H]2CCCC[C@H](N)C(=O)N21)c1ccccc1. The number of rotatable bonds is 2. The van der Waals surface area contributed by atoms with Gasteiger partial charge in [-0.25, -0.2) is 0 Å². The van der Waals surface area contributed by atoms with Crippen LogP contribution in [-0.4, -0.2) is 41.9 Å². The zero-order valence-corrected chi connectivity index (χ0v) is 13.6. The molecule has 0 spiro atoms. The van der Waals surface area contributed by atoms with E-state index in [9.17, 15) is 9.59 Å². The number of carbonyl (C=O) groups excluding carboxylic acids is 2. The third-order valence-corrected chi connectivity index (χ3v) is 5.14. The van der Waals surface area contributed by atoms with E-state index in [1.807, 2.05) is 30.3 Å². The second kappa shape index (κ2) is 6.71. The van der Waals surface area contributed by atoms with Crippen molar-refractivity contribution in [2.45, 2.75) is 56.7 Å². The van der Waals surface area contributed by atoms with Crippen LogP contribution in [0.25, 0.3) is 0 Å². The van der Waals surface area contributed by atoms with Crippen molar-refractivity contribution in [2.75, 3.05) is 11.9 Å². The van der Waals surface area contributed by atoms with E-state index in [0.29, 0.717) is 0 Å². The van der Waals surface area contributed by atoms with Gasteiger partial charge in [0.05, 0.1) is 6.04 Å². The molecule has 23 heavy (non-hydrogen) atoms. The van der Waals surface area contributed by atoms with Crippen LogP contribution in [0.15, 0.2) is 30.3 Å². The van der Waals surface area contributed by atoms with Crippen molar-refractivity contribution in [3.8, 4) is 0 Å². The molecule has 0 aromatic heterocycles. The Balaban J connectivity index is 1.81. The number of anilines is 1. The van der Waals surface area contributed by atoms with E-state index in [1.54, 1.807) is 16.8 Å². The van der Waals surface area contributed by atoms with Crippen molar-refractivity contribution in [1.29, 1.82) is 0 Å². The van der Waals surface area contributed by atoms with Gasteiger partial charge < -0.3 is 15.5 Å². The molecule has 124 valence electrons. The Morgan fingerprint density at radius 3 is 2.57 bits per heavy atom. The number of hydrogen-bond donors (Lipinski definition) is 1. The monoisotopic (exact) mass is 315 g/mol. The molecule has 2 aliphatic heterocycles. The number of hydrogen-bond acceptors (Lipinski definition) is 3. The summed E-state index contributed by atoms with van der Waals surface area (Å²) in [5, 5.41) is 0. The van der Waals surface area contributed by atoms with Crippen molar-refractivity contribution >= 4 is 17.5 Å². The van der Waals surface area contributed by atoms with E-state index in [4.69, 9.17) is 5.73 Å². The fourth-order valence-corrected chi connectivity index (χ4v) is 3.80. The van der Waals surface area contributed by atoms with Gasteiger partial charge in [-0.15, -0.1) is 0 Å². The van der Waals surface area contributed by atoms with Crippen LogP contribution in [0.3, 0.4) is 0 Å². The van der Waals surface area contributed by atoms with Crippen molar-refractivity contribution < 1.29 is 9.59 Å². The van der Waals surface area contributed by atoms with Gasteiger partial charge in [-0.1, -0.05) is 31.0 Å². The van der Waals surface area contributed by atoms with E-state index < -0.39 is 6.04 Å². The molecule has 3 rings (SSSR count). The van der Waals surface area contributed by atoms with Gasteiger partial charge in [0.1, 0.15) is 6.04 Å². The third-order valence-electron chi connectivity index (χ3n) is 5.14. The highest BCUT2D eigenvalue weighted by Crippen LogP contribution is 2.32. The van der Waals surface area contributed by atoms with Crippen molar-refractivity contribution in [3.05, 3.63) is 30.3 Å². The minimum absolute atomic E-state index is 0.0141. The second-order valence-corrected chi connectivity index (χ2v) is 6.62. The molecule has 2 aliphatic rings. The highest BCUT2D eigenvalue weighted by Gasteiger charge is 2.43. The maximum Gasteiger partial charge on any atom is 0.249 e. The van der Waals surface area contributed by atoms with Gasteiger partial charge in [-0.05, 0) is 37.8 Å². The molecule has 0 unspecified atom stereocenters. The summed E-state index contributed by atoms with van der Waals surface area (Å²) in [6, 6.07) is 8.90. The van der Waals surface area contributed by atoms with Gasteiger partial charge in [-0.3, -0.25) is 9.59 Å². The molecule has 5 nitrogen and oxygen atoms in total. The molecule has 2 heterocycles. The lowest BCUT2D eigenvalue weighted by molar-refractivity contribution is -0.141. The average Bonchev–Trinajstić information content (AvgIpc) is 2.99. The Hall–Kier alpha value is -1.88. The largest absolute Gasteiger partial charge is 0.326 e. The summed E-state index contributed by atoms with van der Waals surface area (Å²) in [7, 11) is 1.78. The summed E-state index contributed by atoms with van der Waals surface area (Å²) in [6.07, 6.45) is 5.42. The Bertz CT molecular complexity index is 575. The molecule has 5 heteroatoms. The Morgan fingerprint density at radius 1 is 1.13 bits per heavy atom. The Morgan fingerprint density at radius 2 is 1.83 bits per heavy atom. The summed E-state index contributed by atoms with van der Waals surface area (Å²) < 4.78 is 0. The highest BCUT2D eigenvalue weighted by molar-refractivity contribution is 5.99. The molecule has 3 atom stereocenters. The van der Waals surface area contributed by atoms with Gasteiger partial charge in [0.25, 0.3) is 0 Å². The van der Waals surface area contributed by atoms with Crippen LogP contribution < -0.4 is 10.6 Å². The normalized spacial score (nSPS) is 28.0. The van der Waals surface area contributed by atoms with Gasteiger partial charge in [0, 0.05) is 18.8 Å². The molecular formula is C18H25N3O2. The molecule has 0 aliphatic carbocycles. The van der Waals surface area contributed by atoms with Crippen LogP contribution in [0.4, 0.5) is 5.69 Å². The molecular weight excluding hydrogens is 290 g/mol. The van der Waals surface area contributed by atoms with Crippen LogP contribution in [0.2, 0.25) is 0 Å². The number of para-hydroxylation sites is 1. The van der Waals surface area contributed by atoms with Crippen LogP contribution in [-0.2, 0) is 9.59 Å². The number of amides is 2. The van der Waals surface area contributed by atoms with Crippen LogP contribution in [0.1, 0.15) is 38.5 Å². The number of nitrogens with two attached hydrogens (primary N) is 1. The van der Waals surface area contributed by atoms with Crippen LogP contribution in [0, 0.1) is 0 Å². The summed E-state index contributed by atoms with van der Waals surface area (Å²) in [5.41, 5.74) is 6.89. The minimum atomic E-state index is -0.465. The maximum atomic E-state index is 12.9. The first-order chi connectivity index (χ1) is 11.1. The summed E-state index contributed by atoms with van der Waals surface area (Å²) in [5.74, 6) is -0.0631. The molecule has 1 aromatic rings. The molecule has 0 radical (unpaired) electrons. The van der Waals surface area contributed by atoms with E-state index in [2.05, 4.69) is 0 Å². The lowest BCUT2D eigenvalue weighted by atomic mass is 9.99. The first-order valence-corrected chi connectivity index (χ1v) is 8.50. The van der Waals surface area contributed by atoms with Crippen LogP contribution >= 0.6 is 0 Å². The first-order valence-electron chi connectivity index (χ1n) is 8.50. The molecule has 2 saturated heterocycles.